The number of amides is 3. The normalized spacial score (nSPS) is 14.8. The Balaban J connectivity index is 1.46. The van der Waals surface area contributed by atoms with Crippen LogP contribution < -0.4 is 10.6 Å². The molecule has 2 aromatic carbocycles. The van der Waals surface area contributed by atoms with Crippen LogP contribution in [0.2, 0.25) is 0 Å². The Morgan fingerprint density at radius 3 is 2.68 bits per heavy atom. The van der Waals surface area contributed by atoms with E-state index >= 15 is 0 Å². The summed E-state index contributed by atoms with van der Waals surface area (Å²) in [5.74, 6) is -0.332. The van der Waals surface area contributed by atoms with Gasteiger partial charge in [0, 0.05) is 38.2 Å². The molecule has 7 heteroatoms. The van der Waals surface area contributed by atoms with E-state index in [2.05, 4.69) is 10.6 Å². The molecule has 3 N–H and O–H groups in total. The van der Waals surface area contributed by atoms with Crippen molar-refractivity contribution in [2.45, 2.75) is 32.0 Å². The van der Waals surface area contributed by atoms with E-state index in [-0.39, 0.29) is 18.0 Å². The van der Waals surface area contributed by atoms with Gasteiger partial charge in [-0.2, -0.15) is 0 Å². The van der Waals surface area contributed by atoms with Gasteiger partial charge in [-0.1, -0.05) is 42.5 Å². The zero-order chi connectivity index (χ0) is 19.9. The van der Waals surface area contributed by atoms with Crippen molar-refractivity contribution in [2.24, 2.45) is 0 Å². The van der Waals surface area contributed by atoms with E-state index in [0.29, 0.717) is 19.5 Å². The molecule has 1 atom stereocenters. The van der Waals surface area contributed by atoms with Crippen LogP contribution >= 0.6 is 0 Å². The largest absolute Gasteiger partial charge is 0.386 e. The van der Waals surface area contributed by atoms with Gasteiger partial charge in [-0.25, -0.2) is 9.18 Å². The Bertz CT molecular complexity index is 843. The van der Waals surface area contributed by atoms with Gasteiger partial charge in [-0.3, -0.25) is 4.79 Å². The minimum Gasteiger partial charge on any atom is -0.386 e. The Hall–Kier alpha value is -2.93. The summed E-state index contributed by atoms with van der Waals surface area (Å²) in [6.07, 6.45) is 0.396. The minimum absolute atomic E-state index is 0.0934. The molecule has 1 saturated heterocycles. The van der Waals surface area contributed by atoms with E-state index in [1.54, 1.807) is 12.1 Å². The predicted octanol–water partition coefficient (Wildman–Crippen LogP) is 2.48. The van der Waals surface area contributed by atoms with E-state index in [9.17, 15) is 19.1 Å². The molecule has 1 heterocycles. The molecule has 6 nitrogen and oxygen atoms in total. The van der Waals surface area contributed by atoms with Gasteiger partial charge in [-0.15, -0.1) is 0 Å². The van der Waals surface area contributed by atoms with Gasteiger partial charge < -0.3 is 20.6 Å². The second-order valence-corrected chi connectivity index (χ2v) is 6.84. The lowest BCUT2D eigenvalue weighted by atomic mass is 10.1. The number of carbonyl (C=O) groups is 2. The van der Waals surface area contributed by atoms with E-state index in [4.69, 9.17) is 0 Å². The first-order valence-corrected chi connectivity index (χ1v) is 9.32. The first-order valence-electron chi connectivity index (χ1n) is 9.32. The summed E-state index contributed by atoms with van der Waals surface area (Å²) >= 11 is 0. The summed E-state index contributed by atoms with van der Waals surface area (Å²) in [5, 5.41) is 15.3. The molecule has 2 aromatic rings. The van der Waals surface area contributed by atoms with Crippen LogP contribution in [0.25, 0.3) is 0 Å². The number of halogens is 1. The molecule has 1 aliphatic rings. The molecule has 1 fully saturated rings. The van der Waals surface area contributed by atoms with Crippen molar-refractivity contribution < 1.29 is 19.1 Å². The summed E-state index contributed by atoms with van der Waals surface area (Å²) in [7, 11) is 0. The zero-order valence-electron chi connectivity index (χ0n) is 15.5. The van der Waals surface area contributed by atoms with Crippen LogP contribution in [0.5, 0.6) is 0 Å². The second-order valence-electron chi connectivity index (χ2n) is 6.84. The van der Waals surface area contributed by atoms with Gasteiger partial charge in [0.15, 0.2) is 0 Å². The number of nitrogens with zero attached hydrogens (tertiary/aromatic N) is 1. The quantitative estimate of drug-likeness (QED) is 0.685. The maximum atomic E-state index is 13.6. The van der Waals surface area contributed by atoms with Crippen LogP contribution in [0.1, 0.15) is 35.6 Å². The monoisotopic (exact) mass is 385 g/mol. The highest BCUT2D eigenvalue weighted by molar-refractivity contribution is 5.78. The first kappa shape index (κ1) is 19.8. The maximum Gasteiger partial charge on any atom is 0.315 e. The lowest BCUT2D eigenvalue weighted by Crippen LogP contribution is -2.37. The molecule has 0 bridgehead atoms. The summed E-state index contributed by atoms with van der Waals surface area (Å²) in [6, 6.07) is 13.2. The standard InChI is InChI=1S/C21H24FN3O3/c22-18-8-2-1-7-17(18)19(26)13-24-21(28)23-12-15-5-3-6-16(11-15)14-25-10-4-9-20(25)27/h1-3,5-8,11,19,26H,4,9-10,12-14H2,(H2,23,24,28). The minimum atomic E-state index is -1.12. The van der Waals surface area contributed by atoms with Crippen LogP contribution in [0.4, 0.5) is 9.18 Å². The molecular formula is C21H24FN3O3. The topological polar surface area (TPSA) is 81.7 Å². The molecular weight excluding hydrogens is 361 g/mol. The molecule has 0 spiro atoms. The Morgan fingerprint density at radius 1 is 1.14 bits per heavy atom. The summed E-state index contributed by atoms with van der Waals surface area (Å²) < 4.78 is 13.6. The number of aliphatic hydroxyl groups is 1. The highest BCUT2D eigenvalue weighted by Gasteiger charge is 2.20. The smallest absolute Gasteiger partial charge is 0.315 e. The number of likely N-dealkylation sites (tertiary alicyclic amines) is 1. The average molecular weight is 385 g/mol. The number of urea groups is 1. The molecule has 0 aliphatic carbocycles. The molecule has 3 amide bonds. The fourth-order valence-electron chi connectivity index (χ4n) is 3.22. The van der Waals surface area contributed by atoms with E-state index in [1.807, 2.05) is 29.2 Å². The molecule has 148 valence electrons. The van der Waals surface area contributed by atoms with Gasteiger partial charge in [0.2, 0.25) is 5.91 Å². The number of carbonyl (C=O) groups excluding carboxylic acids is 2. The Morgan fingerprint density at radius 2 is 1.93 bits per heavy atom. The third kappa shape index (κ3) is 5.29. The van der Waals surface area contributed by atoms with Crippen molar-refractivity contribution in [3.8, 4) is 0 Å². The first-order chi connectivity index (χ1) is 13.5. The Kier molecular flexibility index (Phi) is 6.60. The van der Waals surface area contributed by atoms with Crippen molar-refractivity contribution >= 4 is 11.9 Å². The molecule has 0 radical (unpaired) electrons. The molecule has 1 aliphatic heterocycles. The highest BCUT2D eigenvalue weighted by atomic mass is 19.1. The number of nitrogens with one attached hydrogen (secondary N) is 2. The molecule has 28 heavy (non-hydrogen) atoms. The average Bonchev–Trinajstić information content (AvgIpc) is 3.09. The number of aliphatic hydroxyl groups excluding tert-OH is 1. The van der Waals surface area contributed by atoms with Crippen molar-refractivity contribution in [3.05, 3.63) is 71.0 Å². The van der Waals surface area contributed by atoms with Crippen LogP contribution in [0.3, 0.4) is 0 Å². The van der Waals surface area contributed by atoms with Gasteiger partial charge in [-0.05, 0) is 23.6 Å². The summed E-state index contributed by atoms with van der Waals surface area (Å²) in [5.41, 5.74) is 2.07. The Labute approximate surface area is 163 Å². The van der Waals surface area contributed by atoms with E-state index < -0.39 is 18.0 Å². The zero-order valence-corrected chi connectivity index (χ0v) is 15.5. The van der Waals surface area contributed by atoms with Crippen LogP contribution in [0.15, 0.2) is 48.5 Å². The van der Waals surface area contributed by atoms with Crippen LogP contribution in [-0.4, -0.2) is 35.0 Å². The van der Waals surface area contributed by atoms with E-state index in [0.717, 1.165) is 24.1 Å². The molecule has 3 rings (SSSR count). The van der Waals surface area contributed by atoms with Gasteiger partial charge in [0.05, 0.1) is 6.10 Å². The van der Waals surface area contributed by atoms with Crippen molar-refractivity contribution in [3.63, 3.8) is 0 Å². The number of rotatable bonds is 7. The lowest BCUT2D eigenvalue weighted by Gasteiger charge is -2.16. The molecule has 0 saturated carbocycles. The molecule has 0 aromatic heterocycles. The van der Waals surface area contributed by atoms with Crippen molar-refractivity contribution in [1.29, 1.82) is 0 Å². The fourth-order valence-corrected chi connectivity index (χ4v) is 3.22. The fraction of sp³-hybridized carbons (Fsp3) is 0.333. The number of benzene rings is 2. The SMILES string of the molecule is O=C(NCc1cccc(CN2CCCC2=O)c1)NCC(O)c1ccccc1F. The third-order valence-corrected chi connectivity index (χ3v) is 4.71. The van der Waals surface area contributed by atoms with Crippen LogP contribution in [-0.2, 0) is 17.9 Å². The van der Waals surface area contributed by atoms with Crippen molar-refractivity contribution in [1.82, 2.24) is 15.5 Å². The highest BCUT2D eigenvalue weighted by Crippen LogP contribution is 2.16. The van der Waals surface area contributed by atoms with Crippen molar-refractivity contribution in [2.75, 3.05) is 13.1 Å². The maximum absolute atomic E-state index is 13.6. The van der Waals surface area contributed by atoms with E-state index in [1.165, 1.54) is 12.1 Å². The van der Waals surface area contributed by atoms with Gasteiger partial charge >= 0.3 is 6.03 Å². The van der Waals surface area contributed by atoms with Gasteiger partial charge in [0.25, 0.3) is 0 Å². The predicted molar refractivity (Wildman–Crippen MR) is 103 cm³/mol. The third-order valence-electron chi connectivity index (χ3n) is 4.71. The summed E-state index contributed by atoms with van der Waals surface area (Å²) in [6.45, 7) is 1.58. The van der Waals surface area contributed by atoms with Gasteiger partial charge in [0.1, 0.15) is 5.82 Å². The summed E-state index contributed by atoms with van der Waals surface area (Å²) in [4.78, 5) is 25.5. The number of hydrogen-bond acceptors (Lipinski definition) is 3. The molecule has 1 unspecified atom stereocenters. The van der Waals surface area contributed by atoms with Crippen LogP contribution in [0, 0.1) is 5.82 Å². The second kappa shape index (κ2) is 9.32. The lowest BCUT2D eigenvalue weighted by molar-refractivity contribution is -0.128. The number of hydrogen-bond donors (Lipinski definition) is 3.